The van der Waals surface area contributed by atoms with Crippen LogP contribution in [0.4, 0.5) is 0 Å². The first-order chi connectivity index (χ1) is 5.91. The second-order valence-electron chi connectivity index (χ2n) is 2.48. The molecule has 0 spiro atoms. The molecule has 68 valence electrons. The molecule has 0 amide bonds. The quantitative estimate of drug-likeness (QED) is 0.601. The fourth-order valence-corrected chi connectivity index (χ4v) is 0.783. The molecule has 0 unspecified atom stereocenters. The van der Waals surface area contributed by atoms with Gasteiger partial charge in [-0.05, 0) is 19.3 Å². The zero-order chi connectivity index (χ0) is 9.07. The molecule has 0 fully saturated rings. The second kappa shape index (κ2) is 10.2. The Kier molecular flexibility index (Phi) is 9.48. The van der Waals surface area contributed by atoms with E-state index >= 15 is 0 Å². The fourth-order valence-electron chi connectivity index (χ4n) is 0.783. The van der Waals surface area contributed by atoms with Gasteiger partial charge in [-0.3, -0.25) is 0 Å². The van der Waals surface area contributed by atoms with E-state index < -0.39 is 0 Å². The minimum atomic E-state index is 0.142. The van der Waals surface area contributed by atoms with Crippen molar-refractivity contribution in [2.45, 2.75) is 26.2 Å². The predicted octanol–water partition coefficient (Wildman–Crippen LogP) is 2.84. The molecule has 0 saturated carbocycles. The van der Waals surface area contributed by atoms with Crippen molar-refractivity contribution in [3.05, 3.63) is 36.5 Å². The number of rotatable bonds is 6. The Bertz CT molecular complexity index is 136. The summed E-state index contributed by atoms with van der Waals surface area (Å²) in [4.78, 5) is 0. The molecule has 0 aromatic carbocycles. The number of hydrogen-bond donors (Lipinski definition) is 1. The third-order valence-electron chi connectivity index (χ3n) is 1.39. The molecule has 0 aliphatic rings. The minimum Gasteiger partial charge on any atom is -0.392 e. The lowest BCUT2D eigenvalue weighted by Crippen LogP contribution is -1.69. The summed E-state index contributed by atoms with van der Waals surface area (Å²) in [5, 5.41) is 8.42. The van der Waals surface area contributed by atoms with E-state index in [1.807, 2.05) is 6.08 Å². The zero-order valence-electron chi connectivity index (χ0n) is 7.74. The molecular formula is C11H18O. The average Bonchev–Trinajstić information content (AvgIpc) is 2.10. The van der Waals surface area contributed by atoms with Crippen LogP contribution in [0, 0.1) is 0 Å². The average molecular weight is 166 g/mol. The maximum atomic E-state index is 8.42. The summed E-state index contributed by atoms with van der Waals surface area (Å²) < 4.78 is 0. The Morgan fingerprint density at radius 2 is 1.33 bits per heavy atom. The largest absolute Gasteiger partial charge is 0.392 e. The molecule has 1 N–H and O–H groups in total. The topological polar surface area (TPSA) is 20.2 Å². The van der Waals surface area contributed by atoms with Crippen molar-refractivity contribution in [2.75, 3.05) is 6.61 Å². The second-order valence-corrected chi connectivity index (χ2v) is 2.48. The van der Waals surface area contributed by atoms with Gasteiger partial charge < -0.3 is 5.11 Å². The molecular weight excluding hydrogens is 148 g/mol. The van der Waals surface area contributed by atoms with Crippen molar-refractivity contribution in [2.24, 2.45) is 0 Å². The molecule has 12 heavy (non-hydrogen) atoms. The van der Waals surface area contributed by atoms with Gasteiger partial charge in [-0.2, -0.15) is 0 Å². The van der Waals surface area contributed by atoms with Gasteiger partial charge in [0.1, 0.15) is 0 Å². The van der Waals surface area contributed by atoms with E-state index in [9.17, 15) is 0 Å². The Morgan fingerprint density at radius 3 is 1.83 bits per heavy atom. The predicted molar refractivity (Wildman–Crippen MR) is 54.0 cm³/mol. The smallest absolute Gasteiger partial charge is 0.0612 e. The van der Waals surface area contributed by atoms with Crippen molar-refractivity contribution in [1.82, 2.24) is 0 Å². The fraction of sp³-hybridized carbons (Fsp3) is 0.455. The van der Waals surface area contributed by atoms with Crippen LogP contribution in [-0.4, -0.2) is 11.7 Å². The lowest BCUT2D eigenvalue weighted by molar-refractivity contribution is 0.342. The molecule has 0 aliphatic carbocycles. The lowest BCUT2D eigenvalue weighted by atomic mass is 10.3. The van der Waals surface area contributed by atoms with Crippen LogP contribution in [0.25, 0.3) is 0 Å². The molecule has 0 heterocycles. The SMILES string of the molecule is CC/C=C/C/C=C/C/C=C/CO. The summed E-state index contributed by atoms with van der Waals surface area (Å²) in [5.41, 5.74) is 0. The Labute approximate surface area is 75.1 Å². The van der Waals surface area contributed by atoms with E-state index in [4.69, 9.17) is 5.11 Å². The van der Waals surface area contributed by atoms with Gasteiger partial charge in [0.15, 0.2) is 0 Å². The highest BCUT2D eigenvalue weighted by molar-refractivity contribution is 4.96. The zero-order valence-corrected chi connectivity index (χ0v) is 7.74. The third-order valence-corrected chi connectivity index (χ3v) is 1.39. The maximum absolute atomic E-state index is 8.42. The molecule has 0 aliphatic heterocycles. The van der Waals surface area contributed by atoms with Crippen LogP contribution in [0.3, 0.4) is 0 Å². The van der Waals surface area contributed by atoms with Crippen molar-refractivity contribution in [1.29, 1.82) is 0 Å². The summed E-state index contributed by atoms with van der Waals surface area (Å²) in [6, 6.07) is 0. The Hall–Kier alpha value is -0.820. The van der Waals surface area contributed by atoms with E-state index in [1.165, 1.54) is 0 Å². The molecule has 0 atom stereocenters. The van der Waals surface area contributed by atoms with E-state index in [1.54, 1.807) is 6.08 Å². The van der Waals surface area contributed by atoms with Gasteiger partial charge in [-0.15, -0.1) is 0 Å². The van der Waals surface area contributed by atoms with Crippen molar-refractivity contribution >= 4 is 0 Å². The van der Waals surface area contributed by atoms with Crippen LogP contribution in [0.2, 0.25) is 0 Å². The number of aliphatic hydroxyl groups excluding tert-OH is 1. The number of aliphatic hydroxyl groups is 1. The lowest BCUT2D eigenvalue weighted by Gasteiger charge is -1.82. The molecule has 1 heteroatoms. The van der Waals surface area contributed by atoms with Crippen LogP contribution in [0.5, 0.6) is 0 Å². The van der Waals surface area contributed by atoms with E-state index in [2.05, 4.69) is 31.2 Å². The van der Waals surface area contributed by atoms with Crippen LogP contribution in [-0.2, 0) is 0 Å². The summed E-state index contributed by atoms with van der Waals surface area (Å²) in [5.74, 6) is 0. The van der Waals surface area contributed by atoms with E-state index in [0.717, 1.165) is 19.3 Å². The highest BCUT2D eigenvalue weighted by Crippen LogP contribution is 1.91. The molecule has 0 saturated heterocycles. The van der Waals surface area contributed by atoms with Crippen LogP contribution in [0.15, 0.2) is 36.5 Å². The molecule has 1 nitrogen and oxygen atoms in total. The summed E-state index contributed by atoms with van der Waals surface area (Å²) >= 11 is 0. The van der Waals surface area contributed by atoms with E-state index in [0.29, 0.717) is 0 Å². The molecule has 0 aromatic heterocycles. The standard InChI is InChI=1S/C11H18O/c1-2-3-4-5-6-7-8-9-10-11-12/h3-4,6-7,9-10,12H,2,5,8,11H2,1H3/b4-3+,7-6+,10-9+. The number of allylic oxidation sites excluding steroid dienone is 5. The van der Waals surface area contributed by atoms with Gasteiger partial charge in [0.05, 0.1) is 6.61 Å². The van der Waals surface area contributed by atoms with Gasteiger partial charge >= 0.3 is 0 Å². The third kappa shape index (κ3) is 9.18. The van der Waals surface area contributed by atoms with Gasteiger partial charge in [0, 0.05) is 0 Å². The molecule has 0 bridgehead atoms. The van der Waals surface area contributed by atoms with Crippen LogP contribution < -0.4 is 0 Å². The van der Waals surface area contributed by atoms with Gasteiger partial charge in [0.25, 0.3) is 0 Å². The first-order valence-corrected chi connectivity index (χ1v) is 4.47. The summed E-state index contributed by atoms with van der Waals surface area (Å²) in [7, 11) is 0. The van der Waals surface area contributed by atoms with E-state index in [-0.39, 0.29) is 6.61 Å². The van der Waals surface area contributed by atoms with Crippen molar-refractivity contribution in [3.8, 4) is 0 Å². The van der Waals surface area contributed by atoms with Crippen LogP contribution >= 0.6 is 0 Å². The number of hydrogen-bond acceptors (Lipinski definition) is 1. The van der Waals surface area contributed by atoms with Crippen molar-refractivity contribution in [3.63, 3.8) is 0 Å². The molecule has 0 radical (unpaired) electrons. The van der Waals surface area contributed by atoms with Crippen LogP contribution in [0.1, 0.15) is 26.2 Å². The van der Waals surface area contributed by atoms with Crippen molar-refractivity contribution < 1.29 is 5.11 Å². The first-order valence-electron chi connectivity index (χ1n) is 4.47. The summed E-state index contributed by atoms with van der Waals surface area (Å²) in [6.45, 7) is 2.27. The minimum absolute atomic E-state index is 0.142. The normalized spacial score (nSPS) is 12.5. The Balaban J connectivity index is 3.25. The first kappa shape index (κ1) is 11.2. The summed E-state index contributed by atoms with van der Waals surface area (Å²) in [6.07, 6.45) is 15.3. The van der Waals surface area contributed by atoms with Gasteiger partial charge in [-0.25, -0.2) is 0 Å². The van der Waals surface area contributed by atoms with Gasteiger partial charge in [-0.1, -0.05) is 43.4 Å². The monoisotopic (exact) mass is 166 g/mol. The molecule has 0 rings (SSSR count). The Morgan fingerprint density at radius 1 is 0.833 bits per heavy atom. The highest BCUT2D eigenvalue weighted by Gasteiger charge is 1.71. The molecule has 0 aromatic rings. The van der Waals surface area contributed by atoms with Gasteiger partial charge in [0.2, 0.25) is 0 Å². The highest BCUT2D eigenvalue weighted by atomic mass is 16.2. The maximum Gasteiger partial charge on any atom is 0.0612 e.